The van der Waals surface area contributed by atoms with Crippen LogP contribution in [0.15, 0.2) is 23.1 Å². The van der Waals surface area contributed by atoms with Gasteiger partial charge in [0.2, 0.25) is 0 Å². The molecule has 1 N–H and O–H groups in total. The minimum Gasteiger partial charge on any atom is -0.463 e. The van der Waals surface area contributed by atoms with E-state index in [4.69, 9.17) is 9.15 Å². The summed E-state index contributed by atoms with van der Waals surface area (Å²) in [6.07, 6.45) is 3.05. The highest BCUT2D eigenvalue weighted by Gasteiger charge is 2.11. The lowest BCUT2D eigenvalue weighted by Gasteiger charge is -2.18. The van der Waals surface area contributed by atoms with Crippen LogP contribution in [0.5, 0.6) is 0 Å². The molecule has 1 heterocycles. The van der Waals surface area contributed by atoms with E-state index in [-0.39, 0.29) is 0 Å². The third-order valence-corrected chi connectivity index (χ3v) is 3.16. The molecule has 0 aliphatic carbocycles. The van der Waals surface area contributed by atoms with Crippen molar-refractivity contribution < 1.29 is 9.15 Å². The van der Waals surface area contributed by atoms with Crippen LogP contribution in [0, 0.1) is 6.92 Å². The molecule has 1 rings (SSSR count). The van der Waals surface area contributed by atoms with Gasteiger partial charge in [0.05, 0.1) is 19.7 Å². The lowest BCUT2D eigenvalue weighted by molar-refractivity contribution is 0.146. The molecule has 0 unspecified atom stereocenters. The van der Waals surface area contributed by atoms with Crippen molar-refractivity contribution in [2.45, 2.75) is 33.4 Å². The molecule has 1 aromatic rings. The highest BCUT2D eigenvalue weighted by Crippen LogP contribution is 2.16. The fourth-order valence-electron chi connectivity index (χ4n) is 2.08. The molecule has 0 spiro atoms. The number of methoxy groups -OCH3 is 1. The molecular weight excluding hydrogens is 252 g/mol. The van der Waals surface area contributed by atoms with Crippen molar-refractivity contribution in [2.75, 3.05) is 33.4 Å². The van der Waals surface area contributed by atoms with Gasteiger partial charge in [0.25, 0.3) is 0 Å². The summed E-state index contributed by atoms with van der Waals surface area (Å²) < 4.78 is 11.1. The van der Waals surface area contributed by atoms with Crippen molar-refractivity contribution >= 4 is 0 Å². The van der Waals surface area contributed by atoms with Gasteiger partial charge in [-0.25, -0.2) is 0 Å². The van der Waals surface area contributed by atoms with E-state index in [0.717, 1.165) is 57.3 Å². The molecule has 20 heavy (non-hydrogen) atoms. The van der Waals surface area contributed by atoms with Crippen LogP contribution in [0.4, 0.5) is 0 Å². The number of hydrogen-bond acceptors (Lipinski definition) is 4. The Labute approximate surface area is 122 Å². The Balaban J connectivity index is 2.56. The van der Waals surface area contributed by atoms with Crippen LogP contribution < -0.4 is 5.32 Å². The lowest BCUT2D eigenvalue weighted by atomic mass is 10.2. The largest absolute Gasteiger partial charge is 0.463 e. The summed E-state index contributed by atoms with van der Waals surface area (Å²) in [7, 11) is 1.72. The molecule has 0 bridgehead atoms. The third-order valence-electron chi connectivity index (χ3n) is 3.16. The normalized spacial score (nSPS) is 11.2. The number of hydrogen-bond donors (Lipinski definition) is 1. The van der Waals surface area contributed by atoms with Crippen molar-refractivity contribution in [1.82, 2.24) is 10.2 Å². The second kappa shape index (κ2) is 9.75. The maximum Gasteiger partial charge on any atom is 0.120 e. The van der Waals surface area contributed by atoms with Crippen LogP contribution in [0.3, 0.4) is 0 Å². The van der Waals surface area contributed by atoms with Gasteiger partial charge in [0.15, 0.2) is 0 Å². The van der Waals surface area contributed by atoms with E-state index < -0.39 is 0 Å². The Kier molecular flexibility index (Phi) is 8.26. The molecule has 0 saturated heterocycles. The molecule has 4 heteroatoms. The summed E-state index contributed by atoms with van der Waals surface area (Å²) in [5, 5.41) is 3.37. The molecule has 0 atom stereocenters. The van der Waals surface area contributed by atoms with Gasteiger partial charge in [-0.15, -0.1) is 6.58 Å². The molecule has 0 amide bonds. The molecule has 0 saturated carbocycles. The summed E-state index contributed by atoms with van der Waals surface area (Å²) in [5.41, 5.74) is 1.22. The number of nitrogens with zero attached hydrogens (tertiary/aromatic N) is 1. The van der Waals surface area contributed by atoms with Crippen LogP contribution in [0.1, 0.15) is 30.4 Å². The summed E-state index contributed by atoms with van der Waals surface area (Å²) in [5.74, 6) is 2.05. The molecule has 0 fully saturated rings. The second-order valence-electron chi connectivity index (χ2n) is 5.01. The maximum absolute atomic E-state index is 5.94. The number of nitrogens with one attached hydrogen (secondary N) is 1. The van der Waals surface area contributed by atoms with Gasteiger partial charge >= 0.3 is 0 Å². The highest BCUT2D eigenvalue weighted by atomic mass is 16.5. The fourth-order valence-corrected chi connectivity index (χ4v) is 2.08. The lowest BCUT2D eigenvalue weighted by Crippen LogP contribution is -2.26. The molecule has 114 valence electrons. The highest BCUT2D eigenvalue weighted by molar-refractivity contribution is 5.20. The van der Waals surface area contributed by atoms with Crippen molar-refractivity contribution in [2.24, 2.45) is 0 Å². The second-order valence-corrected chi connectivity index (χ2v) is 5.01. The van der Waals surface area contributed by atoms with Gasteiger partial charge in [-0.2, -0.15) is 0 Å². The van der Waals surface area contributed by atoms with Crippen LogP contribution >= 0.6 is 0 Å². The first-order chi connectivity index (χ1) is 9.71. The number of ether oxygens (including phenoxy) is 1. The first kappa shape index (κ1) is 17.0. The molecular formula is C16H28N2O2. The standard InChI is InChI=1S/C16H28N2O2/c1-5-7-17-12-16-14(3)11-15(20-16)13-18(8-6-2)9-10-19-4/h6,11,17H,2,5,7-10,12-13H2,1,3-4H3. The van der Waals surface area contributed by atoms with Crippen LogP contribution in [0.25, 0.3) is 0 Å². The monoisotopic (exact) mass is 280 g/mol. The topological polar surface area (TPSA) is 37.6 Å². The predicted octanol–water partition coefficient (Wildman–Crippen LogP) is 2.72. The van der Waals surface area contributed by atoms with Crippen LogP contribution in [0.2, 0.25) is 0 Å². The minimum absolute atomic E-state index is 0.721. The summed E-state index contributed by atoms with van der Waals surface area (Å²) in [4.78, 5) is 2.26. The predicted molar refractivity (Wildman–Crippen MR) is 82.8 cm³/mol. The van der Waals surface area contributed by atoms with Crippen molar-refractivity contribution in [3.8, 4) is 0 Å². The zero-order valence-electron chi connectivity index (χ0n) is 13.1. The van der Waals surface area contributed by atoms with E-state index >= 15 is 0 Å². The van der Waals surface area contributed by atoms with Gasteiger partial charge in [0.1, 0.15) is 11.5 Å². The van der Waals surface area contributed by atoms with Gasteiger partial charge < -0.3 is 14.5 Å². The van der Waals surface area contributed by atoms with E-state index in [0.29, 0.717) is 0 Å². The molecule has 4 nitrogen and oxygen atoms in total. The van der Waals surface area contributed by atoms with E-state index in [1.54, 1.807) is 7.11 Å². The SMILES string of the molecule is C=CCN(CCOC)Cc1cc(C)c(CNCCC)o1. The van der Waals surface area contributed by atoms with Crippen LogP contribution in [-0.4, -0.2) is 38.3 Å². The summed E-state index contributed by atoms with van der Waals surface area (Å²) in [6, 6.07) is 2.13. The quantitative estimate of drug-likeness (QED) is 0.499. The van der Waals surface area contributed by atoms with Gasteiger partial charge in [0, 0.05) is 20.2 Å². The van der Waals surface area contributed by atoms with E-state index in [1.807, 2.05) is 6.08 Å². The summed E-state index contributed by atoms with van der Waals surface area (Å²) in [6.45, 7) is 13.1. The zero-order valence-corrected chi connectivity index (χ0v) is 13.1. The smallest absolute Gasteiger partial charge is 0.120 e. The first-order valence-corrected chi connectivity index (χ1v) is 7.32. The van der Waals surface area contributed by atoms with Gasteiger partial charge in [-0.3, -0.25) is 4.90 Å². The van der Waals surface area contributed by atoms with Gasteiger partial charge in [-0.05, 0) is 31.5 Å². The van der Waals surface area contributed by atoms with E-state index in [2.05, 4.69) is 36.7 Å². The van der Waals surface area contributed by atoms with Crippen molar-refractivity contribution in [3.05, 3.63) is 35.8 Å². The molecule has 0 radical (unpaired) electrons. The van der Waals surface area contributed by atoms with E-state index in [1.165, 1.54) is 5.56 Å². The van der Waals surface area contributed by atoms with Crippen LogP contribution in [-0.2, 0) is 17.8 Å². The Morgan fingerprint density at radius 2 is 2.30 bits per heavy atom. The molecule has 0 aromatic carbocycles. The number of aryl methyl sites for hydroxylation is 1. The van der Waals surface area contributed by atoms with E-state index in [9.17, 15) is 0 Å². The molecule has 0 aliphatic rings. The Morgan fingerprint density at radius 3 is 2.95 bits per heavy atom. The Morgan fingerprint density at radius 1 is 1.50 bits per heavy atom. The third kappa shape index (κ3) is 5.90. The molecule has 1 aromatic heterocycles. The fraction of sp³-hybridized carbons (Fsp3) is 0.625. The molecule has 0 aliphatic heterocycles. The summed E-state index contributed by atoms with van der Waals surface area (Å²) >= 11 is 0. The zero-order chi connectivity index (χ0) is 14.8. The maximum atomic E-state index is 5.94. The van der Waals surface area contributed by atoms with Crippen molar-refractivity contribution in [3.63, 3.8) is 0 Å². The Bertz CT molecular complexity index is 388. The number of rotatable bonds is 11. The van der Waals surface area contributed by atoms with Gasteiger partial charge in [-0.1, -0.05) is 13.0 Å². The minimum atomic E-state index is 0.721. The average molecular weight is 280 g/mol. The number of furan rings is 1. The first-order valence-electron chi connectivity index (χ1n) is 7.32. The average Bonchev–Trinajstić information content (AvgIpc) is 2.77. The Hall–Kier alpha value is -1.10. The van der Waals surface area contributed by atoms with Crippen molar-refractivity contribution in [1.29, 1.82) is 0 Å².